The summed E-state index contributed by atoms with van der Waals surface area (Å²) in [6, 6.07) is 17.4. The molecule has 0 atom stereocenters. The molecule has 3 N–H and O–H groups in total. The largest absolute Gasteiger partial charge is 0.484 e. The first kappa shape index (κ1) is 24.1. The predicted octanol–water partition coefficient (Wildman–Crippen LogP) is 3.55. The average molecular weight is 462 g/mol. The monoisotopic (exact) mass is 462 g/mol. The second kappa shape index (κ2) is 11.4. The van der Waals surface area contributed by atoms with Crippen molar-refractivity contribution in [3.63, 3.8) is 0 Å². The molecule has 34 heavy (non-hydrogen) atoms. The minimum absolute atomic E-state index is 0.153. The molecule has 0 radical (unpaired) electrons. The lowest BCUT2D eigenvalue weighted by Gasteiger charge is -2.10. The Bertz CT molecular complexity index is 1210. The molecule has 3 aromatic rings. The molecule has 0 aliphatic rings. The summed E-state index contributed by atoms with van der Waals surface area (Å²) in [7, 11) is 0. The molecule has 0 aliphatic carbocycles. The molecule has 3 amide bonds. The molecule has 0 aliphatic heterocycles. The van der Waals surface area contributed by atoms with Gasteiger partial charge in [0.25, 0.3) is 5.91 Å². The topological polar surface area (TPSA) is 109 Å². The quantitative estimate of drug-likeness (QED) is 0.283. The first-order valence-electron chi connectivity index (χ1n) is 10.3. The first-order valence-corrected chi connectivity index (χ1v) is 10.3. The van der Waals surface area contributed by atoms with E-state index in [2.05, 4.69) is 21.2 Å². The van der Waals surface area contributed by atoms with Gasteiger partial charge in [0.1, 0.15) is 11.6 Å². The maximum Gasteiger partial charge on any atom is 0.329 e. The van der Waals surface area contributed by atoms with Crippen LogP contribution in [0.1, 0.15) is 16.7 Å². The van der Waals surface area contributed by atoms with Gasteiger partial charge >= 0.3 is 11.8 Å². The van der Waals surface area contributed by atoms with Gasteiger partial charge in [-0.2, -0.15) is 5.10 Å². The zero-order valence-corrected chi connectivity index (χ0v) is 18.6. The van der Waals surface area contributed by atoms with Crippen molar-refractivity contribution in [3.8, 4) is 5.75 Å². The maximum atomic E-state index is 12.9. The van der Waals surface area contributed by atoms with E-state index in [1.54, 1.807) is 24.3 Å². The summed E-state index contributed by atoms with van der Waals surface area (Å²) in [6.45, 7) is 3.75. The second-order valence-electron chi connectivity index (χ2n) is 7.38. The second-order valence-corrected chi connectivity index (χ2v) is 7.38. The van der Waals surface area contributed by atoms with Gasteiger partial charge in [0.15, 0.2) is 6.61 Å². The van der Waals surface area contributed by atoms with E-state index in [-0.39, 0.29) is 18.2 Å². The number of carbonyl (C=O) groups is 3. The molecule has 0 bridgehead atoms. The van der Waals surface area contributed by atoms with E-state index in [0.29, 0.717) is 11.3 Å². The smallest absolute Gasteiger partial charge is 0.329 e. The van der Waals surface area contributed by atoms with Gasteiger partial charge < -0.3 is 15.4 Å². The predicted molar refractivity (Wildman–Crippen MR) is 127 cm³/mol. The number of rotatable bonds is 7. The Morgan fingerprint density at radius 3 is 2.29 bits per heavy atom. The van der Waals surface area contributed by atoms with Crippen molar-refractivity contribution in [1.82, 2.24) is 5.43 Å². The van der Waals surface area contributed by atoms with Crippen LogP contribution in [0.15, 0.2) is 71.8 Å². The fraction of sp³-hybridized carbons (Fsp3) is 0.120. The molecule has 0 fully saturated rings. The summed E-state index contributed by atoms with van der Waals surface area (Å²) in [5.74, 6) is -2.17. The molecule has 0 spiro atoms. The lowest BCUT2D eigenvalue weighted by atomic mass is 10.1. The number of nitrogens with one attached hydrogen (secondary N) is 3. The van der Waals surface area contributed by atoms with E-state index in [4.69, 9.17) is 4.74 Å². The van der Waals surface area contributed by atoms with Crippen LogP contribution in [-0.4, -0.2) is 30.5 Å². The number of anilines is 2. The van der Waals surface area contributed by atoms with Gasteiger partial charge in [0.05, 0.1) is 6.21 Å². The molecular weight excluding hydrogens is 439 g/mol. The molecule has 0 heterocycles. The van der Waals surface area contributed by atoms with E-state index < -0.39 is 17.6 Å². The SMILES string of the molecule is Cc1ccc(NC(=O)COc2ccc(/C=N\NC(=O)C(=O)Nc3ccc(F)cc3)cc2)c(C)c1. The normalized spacial score (nSPS) is 10.6. The van der Waals surface area contributed by atoms with E-state index in [1.165, 1.54) is 18.3 Å². The van der Waals surface area contributed by atoms with Crippen LogP contribution < -0.4 is 20.8 Å². The van der Waals surface area contributed by atoms with Gasteiger partial charge in [0, 0.05) is 11.4 Å². The number of hydrogen-bond acceptors (Lipinski definition) is 5. The highest BCUT2D eigenvalue weighted by molar-refractivity contribution is 6.39. The van der Waals surface area contributed by atoms with Crippen LogP contribution in [0.2, 0.25) is 0 Å². The maximum absolute atomic E-state index is 12.9. The van der Waals surface area contributed by atoms with Crippen LogP contribution in [0.3, 0.4) is 0 Å². The number of ether oxygens (including phenoxy) is 1. The first-order chi connectivity index (χ1) is 16.3. The van der Waals surface area contributed by atoms with Crippen molar-refractivity contribution in [1.29, 1.82) is 0 Å². The van der Waals surface area contributed by atoms with Gasteiger partial charge in [-0.1, -0.05) is 17.7 Å². The Hall–Kier alpha value is -4.53. The molecule has 0 saturated heterocycles. The Morgan fingerprint density at radius 1 is 0.912 bits per heavy atom. The fourth-order valence-electron chi connectivity index (χ4n) is 2.88. The summed E-state index contributed by atoms with van der Waals surface area (Å²) in [4.78, 5) is 35.8. The number of halogens is 1. The molecule has 0 unspecified atom stereocenters. The molecule has 3 aromatic carbocycles. The Kier molecular flexibility index (Phi) is 8.07. The molecule has 8 nitrogen and oxygen atoms in total. The number of aryl methyl sites for hydroxylation is 2. The van der Waals surface area contributed by atoms with Crippen LogP contribution in [0.4, 0.5) is 15.8 Å². The van der Waals surface area contributed by atoms with E-state index in [1.807, 2.05) is 32.0 Å². The van der Waals surface area contributed by atoms with Crippen molar-refractivity contribution in [2.75, 3.05) is 17.2 Å². The fourth-order valence-corrected chi connectivity index (χ4v) is 2.88. The summed E-state index contributed by atoms with van der Waals surface area (Å²) < 4.78 is 18.4. The Balaban J connectivity index is 1.43. The summed E-state index contributed by atoms with van der Waals surface area (Å²) >= 11 is 0. The van der Waals surface area contributed by atoms with E-state index >= 15 is 0 Å². The van der Waals surface area contributed by atoms with Gasteiger partial charge in [-0.05, 0) is 79.6 Å². The van der Waals surface area contributed by atoms with E-state index in [9.17, 15) is 18.8 Å². The van der Waals surface area contributed by atoms with Crippen LogP contribution in [0.5, 0.6) is 5.75 Å². The Morgan fingerprint density at radius 2 is 1.62 bits per heavy atom. The summed E-state index contributed by atoms with van der Waals surface area (Å²) in [5.41, 5.74) is 5.84. The van der Waals surface area contributed by atoms with Crippen molar-refractivity contribution >= 4 is 35.3 Å². The molecule has 9 heteroatoms. The third-order valence-corrected chi connectivity index (χ3v) is 4.59. The average Bonchev–Trinajstić information content (AvgIpc) is 2.81. The molecule has 0 saturated carbocycles. The highest BCUT2D eigenvalue weighted by Crippen LogP contribution is 2.16. The minimum Gasteiger partial charge on any atom is -0.484 e. The van der Waals surface area contributed by atoms with Gasteiger partial charge in [-0.3, -0.25) is 14.4 Å². The number of amides is 3. The zero-order valence-electron chi connectivity index (χ0n) is 18.6. The lowest BCUT2D eigenvalue weighted by molar-refractivity contribution is -0.136. The third-order valence-electron chi connectivity index (χ3n) is 4.59. The van der Waals surface area contributed by atoms with Gasteiger partial charge in [-0.25, -0.2) is 9.82 Å². The third kappa shape index (κ3) is 7.27. The van der Waals surface area contributed by atoms with Gasteiger partial charge in [-0.15, -0.1) is 0 Å². The minimum atomic E-state index is -0.977. The highest BCUT2D eigenvalue weighted by Gasteiger charge is 2.12. The van der Waals surface area contributed by atoms with Crippen molar-refractivity contribution in [3.05, 3.63) is 89.2 Å². The highest BCUT2D eigenvalue weighted by atomic mass is 19.1. The summed E-state index contributed by atoms with van der Waals surface area (Å²) in [6.07, 6.45) is 1.35. The number of carbonyl (C=O) groups excluding carboxylic acids is 3. The molecular formula is C25H23FN4O4. The number of hydrogen-bond donors (Lipinski definition) is 3. The van der Waals surface area contributed by atoms with Crippen LogP contribution in [-0.2, 0) is 14.4 Å². The Labute approximate surface area is 195 Å². The number of hydrazone groups is 1. The molecule has 0 aromatic heterocycles. The van der Waals surface area contributed by atoms with Crippen molar-refractivity contribution < 1.29 is 23.5 Å². The van der Waals surface area contributed by atoms with Crippen LogP contribution in [0.25, 0.3) is 0 Å². The van der Waals surface area contributed by atoms with Crippen molar-refractivity contribution in [2.24, 2.45) is 5.10 Å². The standard InChI is InChI=1S/C25H23FN4O4/c1-16-3-12-22(17(2)13-16)29-23(31)15-34-21-10-4-18(5-11-21)14-27-30-25(33)24(32)28-20-8-6-19(26)7-9-20/h3-14H,15H2,1-2H3,(H,28,32)(H,29,31)(H,30,33)/b27-14-. The van der Waals surface area contributed by atoms with Crippen LogP contribution in [0, 0.1) is 19.7 Å². The number of benzene rings is 3. The molecule has 3 rings (SSSR count). The van der Waals surface area contributed by atoms with E-state index in [0.717, 1.165) is 28.9 Å². The van der Waals surface area contributed by atoms with Crippen LogP contribution >= 0.6 is 0 Å². The molecule has 174 valence electrons. The summed E-state index contributed by atoms with van der Waals surface area (Å²) in [5, 5.41) is 8.87. The number of nitrogens with zero attached hydrogens (tertiary/aromatic N) is 1. The van der Waals surface area contributed by atoms with Gasteiger partial charge in [0.2, 0.25) is 0 Å². The lowest BCUT2D eigenvalue weighted by Crippen LogP contribution is -2.32. The van der Waals surface area contributed by atoms with Crippen molar-refractivity contribution in [2.45, 2.75) is 13.8 Å². The zero-order chi connectivity index (χ0) is 24.5.